The molecule has 284 valence electrons. The van der Waals surface area contributed by atoms with Crippen LogP contribution in [-0.4, -0.2) is 68.8 Å². The van der Waals surface area contributed by atoms with Gasteiger partial charge in [0.25, 0.3) is 10.1 Å². The molecule has 0 radical (unpaired) electrons. The Hall–Kier alpha value is -2.84. The molecule has 0 saturated carbocycles. The predicted molar refractivity (Wildman–Crippen MR) is 205 cm³/mol. The minimum Gasteiger partial charge on any atom is -0.872 e. The summed E-state index contributed by atoms with van der Waals surface area (Å²) in [4.78, 5) is -0.252. The van der Waals surface area contributed by atoms with Crippen LogP contribution < -0.4 is 14.6 Å². The number of rotatable bonds is 20. The molecule has 0 aliphatic carbocycles. The fraction of sp³-hybridized carbons (Fsp3) is 0.400. The van der Waals surface area contributed by atoms with Gasteiger partial charge in [0.15, 0.2) is 0 Å². The molecule has 53 heavy (non-hydrogen) atoms. The third-order valence-corrected chi connectivity index (χ3v) is 10.2. The fourth-order valence-electron chi connectivity index (χ4n) is 5.61. The predicted octanol–water partition coefficient (Wildman–Crippen LogP) is 9.31. The van der Waals surface area contributed by atoms with E-state index in [1.165, 1.54) is 87.1 Å². The van der Waals surface area contributed by atoms with Crippen molar-refractivity contribution in [2.45, 2.75) is 114 Å². The molecule has 4 rings (SSSR count). The third-order valence-electron chi connectivity index (χ3n) is 8.34. The van der Waals surface area contributed by atoms with Crippen LogP contribution in [0.15, 0.2) is 94.7 Å². The number of aromatic hydroxyl groups is 1. The van der Waals surface area contributed by atoms with Crippen LogP contribution in [0.2, 0.25) is 0 Å². The van der Waals surface area contributed by atoms with Crippen LogP contribution in [0, 0.1) is 0 Å². The second-order valence-corrected chi connectivity index (χ2v) is 15.4. The zero-order valence-corrected chi connectivity index (χ0v) is 34.5. The Labute approximate surface area is 345 Å². The molecule has 0 atom stereocenters. The Morgan fingerprint density at radius 3 is 1.36 bits per heavy atom. The summed E-state index contributed by atoms with van der Waals surface area (Å²) in [7, 11) is -8.80. The van der Waals surface area contributed by atoms with E-state index in [0.717, 1.165) is 38.5 Å². The number of phenols is 1. The standard InChI is InChI=1S/2C20H26O5S.Ca/c2*1-2-3-4-5-6-7-8-16-15-19(13-14-20(16)26(22,23)24)25-18-11-9-17(21)10-12-18;/h2*9-15,21H,2-8H2,1H3,(H,22,23,24);/q;;+2/p-2. The van der Waals surface area contributed by atoms with Crippen LogP contribution in [0.1, 0.15) is 102 Å². The molecule has 13 heteroatoms. The summed E-state index contributed by atoms with van der Waals surface area (Å²) in [5.41, 5.74) is 1.03. The van der Waals surface area contributed by atoms with Crippen LogP contribution in [-0.2, 0) is 33.1 Å². The smallest absolute Gasteiger partial charge is 0.872 e. The van der Waals surface area contributed by atoms with E-state index in [1.54, 1.807) is 36.4 Å². The van der Waals surface area contributed by atoms with Crippen molar-refractivity contribution in [3.8, 4) is 34.5 Å². The van der Waals surface area contributed by atoms with Crippen molar-refractivity contribution < 1.29 is 45.6 Å². The maximum atomic E-state index is 11.6. The first-order chi connectivity index (χ1) is 24.8. The number of aryl methyl sites for hydroxylation is 2. The Balaban J connectivity index is 0.000000360. The largest absolute Gasteiger partial charge is 2.00 e. The fourth-order valence-corrected chi connectivity index (χ4v) is 7.06. The Morgan fingerprint density at radius 1 is 0.547 bits per heavy atom. The van der Waals surface area contributed by atoms with Crippen LogP contribution in [0.5, 0.6) is 34.5 Å². The second kappa shape index (κ2) is 23.8. The third kappa shape index (κ3) is 17.4. The number of benzene rings is 4. The van der Waals surface area contributed by atoms with Gasteiger partial charge in [0.1, 0.15) is 38.9 Å². The van der Waals surface area contributed by atoms with Crippen molar-refractivity contribution in [1.82, 2.24) is 0 Å². The van der Waals surface area contributed by atoms with E-state index in [9.17, 15) is 36.2 Å². The van der Waals surface area contributed by atoms with Crippen molar-refractivity contribution >= 4 is 58.0 Å². The molecule has 0 heterocycles. The zero-order valence-electron chi connectivity index (χ0n) is 30.7. The van der Waals surface area contributed by atoms with Gasteiger partial charge in [-0.25, -0.2) is 8.42 Å². The van der Waals surface area contributed by atoms with E-state index in [1.807, 2.05) is 0 Å². The van der Waals surface area contributed by atoms with Gasteiger partial charge >= 0.3 is 37.7 Å². The molecular weight excluding hydrogens is 745 g/mol. The van der Waals surface area contributed by atoms with Crippen molar-refractivity contribution in [2.75, 3.05) is 0 Å². The van der Waals surface area contributed by atoms with E-state index >= 15 is 0 Å². The molecule has 4 aromatic carbocycles. The van der Waals surface area contributed by atoms with Gasteiger partial charge in [-0.15, -0.1) is 5.75 Å². The first-order valence-corrected chi connectivity index (χ1v) is 20.8. The number of hydrogen-bond donors (Lipinski definition) is 2. The molecule has 0 aliphatic heterocycles. The van der Waals surface area contributed by atoms with E-state index in [0.29, 0.717) is 47.0 Å². The Bertz CT molecular complexity index is 1740. The summed E-state index contributed by atoms with van der Waals surface area (Å²) < 4.78 is 78.6. The molecule has 10 nitrogen and oxygen atoms in total. The molecule has 0 amide bonds. The van der Waals surface area contributed by atoms with E-state index in [-0.39, 0.29) is 59.0 Å². The summed E-state index contributed by atoms with van der Waals surface area (Å²) in [6.07, 6.45) is 14.1. The first kappa shape index (κ1) is 46.3. The first-order valence-electron chi connectivity index (χ1n) is 17.9. The van der Waals surface area contributed by atoms with Crippen LogP contribution in [0.25, 0.3) is 0 Å². The Morgan fingerprint density at radius 2 is 0.925 bits per heavy atom. The van der Waals surface area contributed by atoms with Gasteiger partial charge in [-0.1, -0.05) is 90.2 Å². The summed E-state index contributed by atoms with van der Waals surface area (Å²) in [5, 5.41) is 20.5. The van der Waals surface area contributed by atoms with Gasteiger partial charge in [0, 0.05) is 0 Å². The SMILES string of the molecule is CCCCCCCCc1cc(Oc2ccc(O)cc2)ccc1S(=O)(=O)O.CCCCCCCCc1cc(Oc2ccc([O-])cc2)ccc1S(=O)(=O)[O-].[Ca+2]. The maximum absolute atomic E-state index is 11.6. The molecule has 0 bridgehead atoms. The molecule has 0 unspecified atom stereocenters. The van der Waals surface area contributed by atoms with E-state index in [4.69, 9.17) is 9.47 Å². The molecule has 0 aromatic heterocycles. The number of ether oxygens (including phenoxy) is 2. The van der Waals surface area contributed by atoms with Crippen molar-refractivity contribution in [3.63, 3.8) is 0 Å². The van der Waals surface area contributed by atoms with Crippen molar-refractivity contribution in [3.05, 3.63) is 96.1 Å². The number of phenolic OH excluding ortho intramolecular Hbond substituents is 1. The molecule has 0 spiro atoms. The average Bonchev–Trinajstić information content (AvgIpc) is 3.09. The van der Waals surface area contributed by atoms with Gasteiger partial charge in [-0.2, -0.15) is 8.42 Å². The van der Waals surface area contributed by atoms with Gasteiger partial charge in [0.2, 0.25) is 0 Å². The maximum Gasteiger partial charge on any atom is 2.00 e. The van der Waals surface area contributed by atoms with Crippen LogP contribution >= 0.6 is 0 Å². The molecule has 0 fully saturated rings. The summed E-state index contributed by atoms with van der Waals surface area (Å²) in [6, 6.07) is 21.1. The van der Waals surface area contributed by atoms with Gasteiger partial charge in [0.05, 0.1) is 9.79 Å². The van der Waals surface area contributed by atoms with Crippen molar-refractivity contribution in [2.24, 2.45) is 0 Å². The number of unbranched alkanes of at least 4 members (excludes halogenated alkanes) is 10. The van der Waals surface area contributed by atoms with Gasteiger partial charge in [-0.05, 0) is 110 Å². The monoisotopic (exact) mass is 794 g/mol. The summed E-state index contributed by atoms with van der Waals surface area (Å²) in [5.74, 6) is 1.97. The average molecular weight is 795 g/mol. The van der Waals surface area contributed by atoms with Gasteiger partial charge < -0.3 is 24.2 Å². The van der Waals surface area contributed by atoms with Crippen LogP contribution in [0.3, 0.4) is 0 Å². The topological polar surface area (TPSA) is 173 Å². The molecule has 4 aromatic rings. The molecule has 0 aliphatic rings. The quantitative estimate of drug-likeness (QED) is 0.0499. The zero-order chi connectivity index (χ0) is 38.0. The minimum atomic E-state index is -4.53. The van der Waals surface area contributed by atoms with Crippen LogP contribution in [0.4, 0.5) is 0 Å². The second-order valence-electron chi connectivity index (χ2n) is 12.7. The normalized spacial score (nSPS) is 11.2. The molecular formula is C40H50CaO10S2. The van der Waals surface area contributed by atoms with Crippen molar-refractivity contribution in [1.29, 1.82) is 0 Å². The summed E-state index contributed by atoms with van der Waals surface area (Å²) in [6.45, 7) is 4.32. The van der Waals surface area contributed by atoms with Gasteiger partial charge in [-0.3, -0.25) is 4.55 Å². The Kier molecular flexibility index (Phi) is 20.8. The molecule has 2 N–H and O–H groups in total. The van der Waals surface area contributed by atoms with E-state index < -0.39 is 20.2 Å². The molecule has 0 saturated heterocycles. The minimum absolute atomic E-state index is 0. The summed E-state index contributed by atoms with van der Waals surface area (Å²) >= 11 is 0. The number of hydrogen-bond acceptors (Lipinski definition) is 9. The van der Waals surface area contributed by atoms with E-state index in [2.05, 4.69) is 13.8 Å².